The summed E-state index contributed by atoms with van der Waals surface area (Å²) in [6, 6.07) is 0.394. The van der Waals surface area contributed by atoms with Gasteiger partial charge in [-0.2, -0.15) is 0 Å². The Labute approximate surface area is 117 Å². The summed E-state index contributed by atoms with van der Waals surface area (Å²) < 4.78 is 5.31. The molecule has 1 aliphatic rings. The monoisotopic (exact) mass is 270 g/mol. The van der Waals surface area contributed by atoms with Crippen molar-refractivity contribution in [3.8, 4) is 0 Å². The molecule has 0 aliphatic heterocycles. The van der Waals surface area contributed by atoms with Crippen LogP contribution in [-0.2, 0) is 9.53 Å². The van der Waals surface area contributed by atoms with Gasteiger partial charge in [0.25, 0.3) is 0 Å². The predicted octanol–water partition coefficient (Wildman–Crippen LogP) is 2.17. The number of rotatable bonds is 8. The van der Waals surface area contributed by atoms with Crippen molar-refractivity contribution in [2.24, 2.45) is 11.7 Å². The molecule has 0 unspecified atom stereocenters. The largest absolute Gasteiger partial charge is 0.380 e. The van der Waals surface area contributed by atoms with Crippen LogP contribution in [0.1, 0.15) is 52.4 Å². The first-order valence-corrected chi connectivity index (χ1v) is 7.78. The quantitative estimate of drug-likeness (QED) is 0.688. The maximum Gasteiger partial charge on any atom is 0.222 e. The normalized spacial score (nSPS) is 23.3. The van der Waals surface area contributed by atoms with Gasteiger partial charge in [-0.3, -0.25) is 4.79 Å². The van der Waals surface area contributed by atoms with Crippen LogP contribution < -0.4 is 5.73 Å². The second-order valence-electron chi connectivity index (χ2n) is 5.49. The third kappa shape index (κ3) is 6.39. The van der Waals surface area contributed by atoms with E-state index >= 15 is 0 Å². The number of carbonyl (C=O) groups is 1. The zero-order valence-electron chi connectivity index (χ0n) is 12.6. The van der Waals surface area contributed by atoms with Crippen LogP contribution in [0.15, 0.2) is 0 Å². The van der Waals surface area contributed by atoms with E-state index in [0.29, 0.717) is 31.6 Å². The molecule has 1 saturated carbocycles. The second kappa shape index (κ2) is 9.32. The van der Waals surface area contributed by atoms with Gasteiger partial charge in [0.2, 0.25) is 5.91 Å². The van der Waals surface area contributed by atoms with Crippen LogP contribution in [0, 0.1) is 5.92 Å². The molecule has 112 valence electrons. The lowest BCUT2D eigenvalue weighted by Gasteiger charge is -2.27. The molecule has 0 aromatic carbocycles. The summed E-state index contributed by atoms with van der Waals surface area (Å²) in [5, 5.41) is 0. The summed E-state index contributed by atoms with van der Waals surface area (Å²) in [6.45, 7) is 6.87. The highest BCUT2D eigenvalue weighted by Crippen LogP contribution is 2.27. The molecule has 0 atom stereocenters. The van der Waals surface area contributed by atoms with Crippen molar-refractivity contribution in [2.45, 2.75) is 58.4 Å². The molecule has 0 bridgehead atoms. The highest BCUT2D eigenvalue weighted by atomic mass is 16.5. The van der Waals surface area contributed by atoms with Crippen molar-refractivity contribution >= 4 is 5.91 Å². The zero-order chi connectivity index (χ0) is 14.1. The average molecular weight is 270 g/mol. The van der Waals surface area contributed by atoms with Gasteiger partial charge in [0.15, 0.2) is 0 Å². The summed E-state index contributed by atoms with van der Waals surface area (Å²) in [4.78, 5) is 14.0. The zero-order valence-corrected chi connectivity index (χ0v) is 12.6. The molecule has 1 aliphatic carbocycles. The lowest BCUT2D eigenvalue weighted by Crippen LogP contribution is -2.34. The van der Waals surface area contributed by atoms with Crippen LogP contribution in [0.5, 0.6) is 0 Å². The number of nitrogens with two attached hydrogens (primary N) is 1. The third-order valence-electron chi connectivity index (χ3n) is 4.10. The van der Waals surface area contributed by atoms with E-state index in [1.165, 1.54) is 12.8 Å². The van der Waals surface area contributed by atoms with Crippen molar-refractivity contribution in [3.63, 3.8) is 0 Å². The van der Waals surface area contributed by atoms with Crippen LogP contribution in [0.4, 0.5) is 0 Å². The molecule has 19 heavy (non-hydrogen) atoms. The van der Waals surface area contributed by atoms with Gasteiger partial charge in [-0.25, -0.2) is 0 Å². The Morgan fingerprint density at radius 1 is 1.26 bits per heavy atom. The van der Waals surface area contributed by atoms with Crippen LogP contribution in [0.3, 0.4) is 0 Å². The smallest absolute Gasteiger partial charge is 0.222 e. The molecule has 0 saturated heterocycles. The minimum atomic E-state index is 0.275. The molecule has 1 amide bonds. The van der Waals surface area contributed by atoms with Crippen LogP contribution in [0.2, 0.25) is 0 Å². The SMILES string of the molecule is CCOCCN(CC)C(=O)CCC1CCC(N)CC1. The first-order valence-electron chi connectivity index (χ1n) is 7.78. The molecule has 4 heteroatoms. The Hall–Kier alpha value is -0.610. The van der Waals surface area contributed by atoms with E-state index < -0.39 is 0 Å². The Kier molecular flexibility index (Phi) is 8.07. The molecule has 2 N–H and O–H groups in total. The van der Waals surface area contributed by atoms with E-state index in [2.05, 4.69) is 0 Å². The van der Waals surface area contributed by atoms with Gasteiger partial charge < -0.3 is 15.4 Å². The maximum atomic E-state index is 12.1. The standard InChI is InChI=1S/C15H30N2O2/c1-3-17(11-12-19-4-2)15(18)10-7-13-5-8-14(16)9-6-13/h13-14H,3-12,16H2,1-2H3. The lowest BCUT2D eigenvalue weighted by molar-refractivity contribution is -0.132. The second-order valence-corrected chi connectivity index (χ2v) is 5.49. The fourth-order valence-electron chi connectivity index (χ4n) is 2.74. The van der Waals surface area contributed by atoms with Crippen molar-refractivity contribution < 1.29 is 9.53 Å². The highest BCUT2D eigenvalue weighted by Gasteiger charge is 2.20. The first-order chi connectivity index (χ1) is 9.17. The van der Waals surface area contributed by atoms with Gasteiger partial charge >= 0.3 is 0 Å². The molecule has 0 aromatic rings. The van der Waals surface area contributed by atoms with E-state index in [9.17, 15) is 4.79 Å². The molecule has 0 radical (unpaired) electrons. The number of hydrogen-bond donors (Lipinski definition) is 1. The summed E-state index contributed by atoms with van der Waals surface area (Å²) in [5.74, 6) is 0.978. The van der Waals surface area contributed by atoms with E-state index in [-0.39, 0.29) is 5.91 Å². The topological polar surface area (TPSA) is 55.6 Å². The Bertz CT molecular complexity index is 251. The van der Waals surface area contributed by atoms with Gasteiger partial charge in [-0.15, -0.1) is 0 Å². The van der Waals surface area contributed by atoms with E-state index in [0.717, 1.165) is 32.4 Å². The molecule has 4 nitrogen and oxygen atoms in total. The number of carbonyl (C=O) groups excluding carboxylic acids is 1. The number of hydrogen-bond acceptors (Lipinski definition) is 3. The van der Waals surface area contributed by atoms with E-state index in [4.69, 9.17) is 10.5 Å². The highest BCUT2D eigenvalue weighted by molar-refractivity contribution is 5.76. The predicted molar refractivity (Wildman–Crippen MR) is 77.9 cm³/mol. The van der Waals surface area contributed by atoms with Gasteiger partial charge in [-0.05, 0) is 51.9 Å². The van der Waals surface area contributed by atoms with Gasteiger partial charge in [-0.1, -0.05) is 0 Å². The molecule has 0 aromatic heterocycles. The summed E-state index contributed by atoms with van der Waals surface area (Å²) >= 11 is 0. The van der Waals surface area contributed by atoms with E-state index in [1.807, 2.05) is 18.7 Å². The number of likely N-dealkylation sites (N-methyl/N-ethyl adjacent to an activating group) is 1. The van der Waals surface area contributed by atoms with E-state index in [1.54, 1.807) is 0 Å². The summed E-state index contributed by atoms with van der Waals surface area (Å²) in [6.07, 6.45) is 6.34. The Morgan fingerprint density at radius 3 is 2.53 bits per heavy atom. The van der Waals surface area contributed by atoms with Crippen LogP contribution in [-0.4, -0.2) is 43.2 Å². The van der Waals surface area contributed by atoms with Crippen molar-refractivity contribution in [3.05, 3.63) is 0 Å². The number of amides is 1. The van der Waals surface area contributed by atoms with Crippen LogP contribution in [0.25, 0.3) is 0 Å². The van der Waals surface area contributed by atoms with Crippen molar-refractivity contribution in [2.75, 3.05) is 26.3 Å². The van der Waals surface area contributed by atoms with Crippen molar-refractivity contribution in [1.29, 1.82) is 0 Å². The Balaban J connectivity index is 2.20. The summed E-state index contributed by atoms with van der Waals surface area (Å²) in [5.41, 5.74) is 5.90. The minimum Gasteiger partial charge on any atom is -0.380 e. The van der Waals surface area contributed by atoms with Gasteiger partial charge in [0.1, 0.15) is 0 Å². The molecule has 1 rings (SSSR count). The van der Waals surface area contributed by atoms with Gasteiger partial charge in [0.05, 0.1) is 6.61 Å². The third-order valence-corrected chi connectivity index (χ3v) is 4.10. The minimum absolute atomic E-state index is 0.275. The first kappa shape index (κ1) is 16.4. The average Bonchev–Trinajstić information content (AvgIpc) is 2.43. The fourth-order valence-corrected chi connectivity index (χ4v) is 2.74. The molecular weight excluding hydrogens is 240 g/mol. The summed E-state index contributed by atoms with van der Waals surface area (Å²) in [7, 11) is 0. The number of ether oxygens (including phenoxy) is 1. The molecular formula is C15H30N2O2. The van der Waals surface area contributed by atoms with Gasteiger partial charge in [0, 0.05) is 32.2 Å². The van der Waals surface area contributed by atoms with Crippen LogP contribution >= 0.6 is 0 Å². The fraction of sp³-hybridized carbons (Fsp3) is 0.933. The maximum absolute atomic E-state index is 12.1. The molecule has 1 fully saturated rings. The van der Waals surface area contributed by atoms with Crippen molar-refractivity contribution in [1.82, 2.24) is 4.90 Å². The number of nitrogens with zero attached hydrogens (tertiary/aromatic N) is 1. The molecule has 0 heterocycles. The molecule has 0 spiro atoms. The Morgan fingerprint density at radius 2 is 1.95 bits per heavy atom. The lowest BCUT2D eigenvalue weighted by atomic mass is 9.84.